The Morgan fingerprint density at radius 2 is 1.52 bits per heavy atom. The van der Waals surface area contributed by atoms with Gasteiger partial charge in [-0.15, -0.1) is 0 Å². The first kappa shape index (κ1) is 14.8. The van der Waals surface area contributed by atoms with Gasteiger partial charge in [-0.25, -0.2) is 0 Å². The molecule has 1 N–H and O–H groups in total. The van der Waals surface area contributed by atoms with Crippen molar-refractivity contribution in [3.05, 3.63) is 71.8 Å². The number of rotatable bonds is 3. The van der Waals surface area contributed by atoms with Crippen LogP contribution >= 0.6 is 0 Å². The molecule has 0 aliphatic carbocycles. The van der Waals surface area contributed by atoms with Crippen LogP contribution in [0.3, 0.4) is 0 Å². The molecule has 1 nitrogen and oxygen atoms in total. The van der Waals surface area contributed by atoms with Crippen LogP contribution in [0.15, 0.2) is 60.7 Å². The molecule has 1 aliphatic rings. The summed E-state index contributed by atoms with van der Waals surface area (Å²) in [6.07, 6.45) is 1.80. The van der Waals surface area contributed by atoms with Crippen LogP contribution in [0.1, 0.15) is 40.5 Å². The van der Waals surface area contributed by atoms with Crippen molar-refractivity contribution in [2.45, 2.75) is 35.5 Å². The molecule has 0 spiro atoms. The molecule has 0 aromatic heterocycles. The minimum absolute atomic E-state index is 0.180. The molecule has 0 amide bonds. The zero-order valence-corrected chi connectivity index (χ0v) is 14.1. The predicted molar refractivity (Wildman–Crippen MR) is 88.5 cm³/mol. The van der Waals surface area contributed by atoms with Crippen molar-refractivity contribution >= 4 is 15.0 Å². The summed E-state index contributed by atoms with van der Waals surface area (Å²) in [4.78, 5) is 1.05. The van der Waals surface area contributed by atoms with Crippen LogP contribution in [0.2, 0.25) is 0 Å². The van der Waals surface area contributed by atoms with Gasteiger partial charge in [0.05, 0.1) is 0 Å². The molecule has 1 saturated heterocycles. The summed E-state index contributed by atoms with van der Waals surface area (Å²) in [5.74, 6) is 0.410. The number of aliphatic hydroxyl groups is 1. The van der Waals surface area contributed by atoms with Crippen molar-refractivity contribution in [3.63, 3.8) is 0 Å². The molecule has 3 rings (SSSR count). The minimum atomic E-state index is -0.180. The van der Waals surface area contributed by atoms with Crippen molar-refractivity contribution in [3.8, 4) is 0 Å². The Morgan fingerprint density at radius 3 is 2.10 bits per heavy atom. The summed E-state index contributed by atoms with van der Waals surface area (Å²) in [6.45, 7) is 2.21. The van der Waals surface area contributed by atoms with Gasteiger partial charge in [-0.05, 0) is 0 Å². The van der Waals surface area contributed by atoms with Crippen LogP contribution in [-0.4, -0.2) is 26.2 Å². The van der Waals surface area contributed by atoms with E-state index in [4.69, 9.17) is 0 Å². The molecular weight excluding hydrogens is 323 g/mol. The topological polar surface area (TPSA) is 20.2 Å². The van der Waals surface area contributed by atoms with E-state index in [-0.39, 0.29) is 6.10 Å². The van der Waals surface area contributed by atoms with Crippen LogP contribution in [0, 0.1) is 5.92 Å². The first-order chi connectivity index (χ1) is 10.3. The number of hydrogen-bond donors (Lipinski definition) is 1. The Hall–Kier alpha value is -1.08. The van der Waals surface area contributed by atoms with Crippen molar-refractivity contribution in [1.82, 2.24) is 0 Å². The molecule has 0 radical (unpaired) electrons. The summed E-state index contributed by atoms with van der Waals surface area (Å²) in [6, 6.07) is 21.5. The van der Waals surface area contributed by atoms with Gasteiger partial charge in [0.15, 0.2) is 0 Å². The van der Waals surface area contributed by atoms with Crippen LogP contribution < -0.4 is 0 Å². The summed E-state index contributed by atoms with van der Waals surface area (Å²) in [7, 11) is 0. The fourth-order valence-corrected chi connectivity index (χ4v) is 7.18. The quantitative estimate of drug-likeness (QED) is 0.835. The molecule has 2 aromatic rings. The van der Waals surface area contributed by atoms with Gasteiger partial charge < -0.3 is 0 Å². The monoisotopic (exact) mass is 346 g/mol. The van der Waals surface area contributed by atoms with Gasteiger partial charge in [0, 0.05) is 0 Å². The molecule has 1 aliphatic heterocycles. The number of benzene rings is 2. The maximum atomic E-state index is 10.6. The Morgan fingerprint density at radius 1 is 0.952 bits per heavy atom. The third-order valence-corrected chi connectivity index (χ3v) is 8.00. The van der Waals surface area contributed by atoms with E-state index in [1.807, 2.05) is 0 Å². The SMILES string of the molecule is CC[C@@H]1[C@@H](O)C[C@@H](c2ccccc2)[Se][C@H]1c1ccccc1. The fourth-order valence-electron chi connectivity index (χ4n) is 3.27. The van der Waals surface area contributed by atoms with Crippen LogP contribution in [0.4, 0.5) is 0 Å². The van der Waals surface area contributed by atoms with Gasteiger partial charge in [0.2, 0.25) is 0 Å². The molecule has 0 bridgehead atoms. The van der Waals surface area contributed by atoms with E-state index >= 15 is 0 Å². The van der Waals surface area contributed by atoms with E-state index in [1.54, 1.807) is 0 Å². The second-order valence-corrected chi connectivity index (χ2v) is 8.57. The van der Waals surface area contributed by atoms with Crippen molar-refractivity contribution < 1.29 is 5.11 Å². The Bertz CT molecular complexity index is 554. The summed E-state index contributed by atoms with van der Waals surface area (Å²) in [5.41, 5.74) is 2.80. The molecule has 1 fully saturated rings. The molecule has 0 unspecified atom stereocenters. The standard InChI is InChI=1S/C19H22OSe/c1-2-16-17(20)13-18(14-9-5-3-6-10-14)21-19(16)15-11-7-4-8-12-15/h3-12,16-20H,2,13H2,1H3/t16-,17+,18+,19+/m1/s1. The van der Waals surface area contributed by atoms with Crippen LogP contribution in [0.25, 0.3) is 0 Å². The molecule has 21 heavy (non-hydrogen) atoms. The van der Waals surface area contributed by atoms with Gasteiger partial charge in [-0.1, -0.05) is 0 Å². The van der Waals surface area contributed by atoms with Gasteiger partial charge >= 0.3 is 133 Å². The third kappa shape index (κ3) is 3.23. The molecular formula is C19H22OSe. The average Bonchev–Trinajstić information content (AvgIpc) is 2.55. The second kappa shape index (κ2) is 6.79. The van der Waals surface area contributed by atoms with Crippen molar-refractivity contribution in [2.24, 2.45) is 5.92 Å². The summed E-state index contributed by atoms with van der Waals surface area (Å²) >= 11 is 0.489. The maximum absolute atomic E-state index is 10.6. The zero-order valence-electron chi connectivity index (χ0n) is 12.4. The normalized spacial score (nSPS) is 29.2. The van der Waals surface area contributed by atoms with Gasteiger partial charge in [0.25, 0.3) is 0 Å². The first-order valence-corrected chi connectivity index (χ1v) is 9.70. The fraction of sp³-hybridized carbons (Fsp3) is 0.368. The molecule has 4 atom stereocenters. The van der Waals surface area contributed by atoms with Gasteiger partial charge in [-0.2, -0.15) is 0 Å². The molecule has 2 aromatic carbocycles. The summed E-state index contributed by atoms with van der Waals surface area (Å²) < 4.78 is 0. The van der Waals surface area contributed by atoms with Crippen LogP contribution in [0.5, 0.6) is 0 Å². The molecule has 110 valence electrons. The van der Waals surface area contributed by atoms with Gasteiger partial charge in [-0.3, -0.25) is 0 Å². The number of aliphatic hydroxyl groups excluding tert-OH is 1. The van der Waals surface area contributed by atoms with E-state index in [9.17, 15) is 5.11 Å². The van der Waals surface area contributed by atoms with Gasteiger partial charge in [0.1, 0.15) is 0 Å². The predicted octanol–water partition coefficient (Wildman–Crippen LogP) is 3.96. The van der Waals surface area contributed by atoms with Crippen molar-refractivity contribution in [2.75, 3.05) is 0 Å². The molecule has 0 saturated carbocycles. The average molecular weight is 345 g/mol. The second-order valence-electron chi connectivity index (χ2n) is 5.74. The van der Waals surface area contributed by atoms with E-state index in [1.165, 1.54) is 11.1 Å². The number of hydrogen-bond acceptors (Lipinski definition) is 1. The van der Waals surface area contributed by atoms with E-state index in [0.717, 1.165) is 12.8 Å². The third-order valence-electron chi connectivity index (χ3n) is 4.42. The molecule has 2 heteroatoms. The van der Waals surface area contributed by atoms with Crippen molar-refractivity contribution in [1.29, 1.82) is 0 Å². The van der Waals surface area contributed by atoms with E-state index in [0.29, 0.717) is 30.5 Å². The summed E-state index contributed by atoms with van der Waals surface area (Å²) in [5, 5.41) is 10.6. The Labute approximate surface area is 133 Å². The Balaban J connectivity index is 1.89. The Kier molecular flexibility index (Phi) is 4.80. The zero-order chi connectivity index (χ0) is 14.7. The van der Waals surface area contributed by atoms with E-state index in [2.05, 4.69) is 67.6 Å². The van der Waals surface area contributed by atoms with Crippen LogP contribution in [-0.2, 0) is 0 Å². The first-order valence-electron chi connectivity index (χ1n) is 7.73. The van der Waals surface area contributed by atoms with E-state index < -0.39 is 0 Å². The molecule has 1 heterocycles.